The fraction of sp³-hybridized carbons (Fsp3) is 0.500. The topological polar surface area (TPSA) is 38.8 Å². The predicted octanol–water partition coefficient (Wildman–Crippen LogP) is 2.06. The second-order valence-corrected chi connectivity index (χ2v) is 5.02. The highest BCUT2D eigenvalue weighted by atomic mass is 35.5. The molecule has 0 radical (unpaired) electrons. The van der Waals surface area contributed by atoms with Crippen molar-refractivity contribution in [3.63, 3.8) is 0 Å². The summed E-state index contributed by atoms with van der Waals surface area (Å²) in [6.45, 7) is 4.45. The van der Waals surface area contributed by atoms with E-state index in [1.54, 1.807) is 13.2 Å². The predicted molar refractivity (Wildman–Crippen MR) is 73.8 cm³/mol. The number of rotatable bonds is 3. The number of halogens is 1. The molecule has 1 saturated heterocycles. The van der Waals surface area contributed by atoms with Crippen LogP contribution in [0.4, 0.5) is 0 Å². The molecule has 2 rings (SSSR count). The molecule has 1 aromatic rings. The van der Waals surface area contributed by atoms with Crippen LogP contribution in [-0.4, -0.2) is 44.2 Å². The Morgan fingerprint density at radius 2 is 2.11 bits per heavy atom. The van der Waals surface area contributed by atoms with Gasteiger partial charge in [-0.25, -0.2) is 0 Å². The summed E-state index contributed by atoms with van der Waals surface area (Å²) in [7, 11) is 1.61. The molecule has 104 valence electrons. The first-order chi connectivity index (χ1) is 9.11. The molecular formula is C14H18ClNO3. The second kappa shape index (κ2) is 6.26. The fourth-order valence-electron chi connectivity index (χ4n) is 2.31. The Hall–Kier alpha value is -1.26. The zero-order chi connectivity index (χ0) is 13.8. The van der Waals surface area contributed by atoms with Gasteiger partial charge in [0.05, 0.1) is 26.7 Å². The lowest BCUT2D eigenvalue weighted by molar-refractivity contribution is -0.134. The van der Waals surface area contributed by atoms with Crippen molar-refractivity contribution in [3.05, 3.63) is 28.3 Å². The highest BCUT2D eigenvalue weighted by Gasteiger charge is 2.19. The highest BCUT2D eigenvalue weighted by molar-refractivity contribution is 6.30. The molecule has 1 aromatic carbocycles. The maximum absolute atomic E-state index is 12.2. The maximum Gasteiger partial charge on any atom is 0.227 e. The van der Waals surface area contributed by atoms with E-state index in [1.165, 1.54) is 0 Å². The lowest BCUT2D eigenvalue weighted by Gasteiger charge is -2.27. The van der Waals surface area contributed by atoms with E-state index in [9.17, 15) is 4.79 Å². The Morgan fingerprint density at radius 1 is 1.42 bits per heavy atom. The zero-order valence-electron chi connectivity index (χ0n) is 11.2. The monoisotopic (exact) mass is 283 g/mol. The molecule has 0 unspecified atom stereocenters. The summed E-state index contributed by atoms with van der Waals surface area (Å²) in [6.07, 6.45) is 0.310. The number of carbonyl (C=O) groups excluding carboxylic acids is 1. The van der Waals surface area contributed by atoms with Crippen LogP contribution in [0.25, 0.3) is 0 Å². The largest absolute Gasteiger partial charge is 0.496 e. The standard InChI is InChI=1S/C14H18ClNO3/c1-10-7-12(15)8-11(14(10)18-2)9-13(17)16-3-5-19-6-4-16/h7-8H,3-6,9H2,1-2H3. The van der Waals surface area contributed by atoms with Gasteiger partial charge in [-0.1, -0.05) is 11.6 Å². The first kappa shape index (κ1) is 14.2. The van der Waals surface area contributed by atoms with Crippen LogP contribution in [0.15, 0.2) is 12.1 Å². The molecule has 0 spiro atoms. The van der Waals surface area contributed by atoms with E-state index in [1.807, 2.05) is 17.9 Å². The number of amides is 1. The normalized spacial score (nSPS) is 15.4. The smallest absolute Gasteiger partial charge is 0.227 e. The summed E-state index contributed by atoms with van der Waals surface area (Å²) in [5.74, 6) is 0.828. The van der Waals surface area contributed by atoms with E-state index in [0.29, 0.717) is 37.7 Å². The van der Waals surface area contributed by atoms with Crippen LogP contribution in [0.1, 0.15) is 11.1 Å². The van der Waals surface area contributed by atoms with Crippen LogP contribution in [0.2, 0.25) is 5.02 Å². The Morgan fingerprint density at radius 3 is 2.74 bits per heavy atom. The van der Waals surface area contributed by atoms with Gasteiger partial charge >= 0.3 is 0 Å². The summed E-state index contributed by atoms with van der Waals surface area (Å²) < 4.78 is 10.6. The van der Waals surface area contributed by atoms with Crippen molar-refractivity contribution in [2.75, 3.05) is 33.4 Å². The minimum Gasteiger partial charge on any atom is -0.496 e. The Balaban J connectivity index is 2.15. The third-order valence-electron chi connectivity index (χ3n) is 3.23. The summed E-state index contributed by atoms with van der Waals surface area (Å²) in [4.78, 5) is 14.0. The van der Waals surface area contributed by atoms with Gasteiger partial charge in [0.2, 0.25) is 5.91 Å². The fourth-order valence-corrected chi connectivity index (χ4v) is 2.61. The van der Waals surface area contributed by atoms with Gasteiger partial charge in [-0.3, -0.25) is 4.79 Å². The summed E-state index contributed by atoms with van der Waals surface area (Å²) in [5, 5.41) is 0.628. The summed E-state index contributed by atoms with van der Waals surface area (Å²) in [6, 6.07) is 3.63. The van der Waals surface area contributed by atoms with Crippen molar-refractivity contribution in [2.45, 2.75) is 13.3 Å². The van der Waals surface area contributed by atoms with Gasteiger partial charge < -0.3 is 14.4 Å². The van der Waals surface area contributed by atoms with Gasteiger partial charge in [0.1, 0.15) is 5.75 Å². The van der Waals surface area contributed by atoms with E-state index in [0.717, 1.165) is 16.9 Å². The minimum atomic E-state index is 0.0864. The van der Waals surface area contributed by atoms with Gasteiger partial charge in [-0.05, 0) is 24.6 Å². The van der Waals surface area contributed by atoms with Crippen LogP contribution in [0.5, 0.6) is 5.75 Å². The number of benzene rings is 1. The van der Waals surface area contributed by atoms with Gasteiger partial charge in [0.15, 0.2) is 0 Å². The van der Waals surface area contributed by atoms with Crippen molar-refractivity contribution in [1.82, 2.24) is 4.90 Å². The molecule has 0 saturated carbocycles. The van der Waals surface area contributed by atoms with E-state index in [2.05, 4.69) is 0 Å². The maximum atomic E-state index is 12.2. The van der Waals surface area contributed by atoms with Crippen molar-refractivity contribution in [3.8, 4) is 5.75 Å². The van der Waals surface area contributed by atoms with Crippen LogP contribution >= 0.6 is 11.6 Å². The van der Waals surface area contributed by atoms with Crippen molar-refractivity contribution in [2.24, 2.45) is 0 Å². The number of carbonyl (C=O) groups is 1. The van der Waals surface area contributed by atoms with Crippen LogP contribution in [0, 0.1) is 6.92 Å². The molecule has 1 fully saturated rings. The number of morpholine rings is 1. The first-order valence-electron chi connectivity index (χ1n) is 6.30. The second-order valence-electron chi connectivity index (χ2n) is 4.58. The molecule has 0 atom stereocenters. The molecule has 19 heavy (non-hydrogen) atoms. The van der Waals surface area contributed by atoms with Gasteiger partial charge in [-0.15, -0.1) is 0 Å². The minimum absolute atomic E-state index is 0.0864. The first-order valence-corrected chi connectivity index (χ1v) is 6.68. The lowest BCUT2D eigenvalue weighted by atomic mass is 10.1. The summed E-state index contributed by atoms with van der Waals surface area (Å²) >= 11 is 6.05. The van der Waals surface area contributed by atoms with E-state index >= 15 is 0 Å². The Labute approximate surface area is 118 Å². The van der Waals surface area contributed by atoms with E-state index in [-0.39, 0.29) is 5.91 Å². The molecule has 0 N–H and O–H groups in total. The summed E-state index contributed by atoms with van der Waals surface area (Å²) in [5.41, 5.74) is 1.78. The van der Waals surface area contributed by atoms with Gasteiger partial charge in [-0.2, -0.15) is 0 Å². The highest BCUT2D eigenvalue weighted by Crippen LogP contribution is 2.28. The van der Waals surface area contributed by atoms with Crippen molar-refractivity contribution in [1.29, 1.82) is 0 Å². The number of methoxy groups -OCH3 is 1. The molecule has 0 aromatic heterocycles. The molecule has 4 nitrogen and oxygen atoms in total. The van der Waals surface area contributed by atoms with E-state index < -0.39 is 0 Å². The third-order valence-corrected chi connectivity index (χ3v) is 3.44. The number of hydrogen-bond acceptors (Lipinski definition) is 3. The van der Waals surface area contributed by atoms with Crippen LogP contribution in [-0.2, 0) is 16.0 Å². The van der Waals surface area contributed by atoms with Gasteiger partial charge in [0.25, 0.3) is 0 Å². The molecule has 1 amide bonds. The molecular weight excluding hydrogens is 266 g/mol. The van der Waals surface area contributed by atoms with Crippen molar-refractivity contribution < 1.29 is 14.3 Å². The number of hydrogen-bond donors (Lipinski definition) is 0. The zero-order valence-corrected chi connectivity index (χ0v) is 12.0. The quantitative estimate of drug-likeness (QED) is 0.852. The molecule has 1 aliphatic heterocycles. The average Bonchev–Trinajstić information content (AvgIpc) is 2.39. The Bertz CT molecular complexity index is 470. The molecule has 0 aliphatic carbocycles. The van der Waals surface area contributed by atoms with Crippen LogP contribution in [0.3, 0.4) is 0 Å². The molecule has 5 heteroatoms. The van der Waals surface area contributed by atoms with Crippen molar-refractivity contribution >= 4 is 17.5 Å². The van der Waals surface area contributed by atoms with E-state index in [4.69, 9.17) is 21.1 Å². The number of nitrogens with zero attached hydrogens (tertiary/aromatic N) is 1. The SMILES string of the molecule is COc1c(C)cc(Cl)cc1CC(=O)N1CCOCC1. The number of aryl methyl sites for hydroxylation is 1. The average molecular weight is 284 g/mol. The van der Waals surface area contributed by atoms with Gasteiger partial charge in [0, 0.05) is 23.7 Å². The van der Waals surface area contributed by atoms with Crippen LogP contribution < -0.4 is 4.74 Å². The molecule has 1 aliphatic rings. The molecule has 1 heterocycles. The Kier molecular flexibility index (Phi) is 4.66. The molecule has 0 bridgehead atoms. The number of ether oxygens (including phenoxy) is 2. The lowest BCUT2D eigenvalue weighted by Crippen LogP contribution is -2.41. The third kappa shape index (κ3) is 3.39.